The monoisotopic (exact) mass is 172 g/mol. The standard InChI is InChI=1S/C3H7F2N2O2P/c1-6-3(9-2)7-10(4,5)8/h1-2H3,(H,6,7,8). The minimum Gasteiger partial charge on any atom is -0.468 e. The first kappa shape index (κ1) is 9.36. The van der Waals surface area contributed by atoms with E-state index in [0.29, 0.717) is 0 Å². The molecule has 0 bridgehead atoms. The third-order valence-corrected chi connectivity index (χ3v) is 1.07. The van der Waals surface area contributed by atoms with Crippen LogP contribution in [0, 0.1) is 0 Å². The fraction of sp³-hybridized carbons (Fsp3) is 0.667. The van der Waals surface area contributed by atoms with Gasteiger partial charge in [-0.05, 0) is 0 Å². The molecule has 0 aromatic carbocycles. The number of nitrogens with one attached hydrogen (secondary N) is 1. The summed E-state index contributed by atoms with van der Waals surface area (Å²) in [5.74, 6) is 0. The quantitative estimate of drug-likeness (QED) is 0.368. The number of hydrogen-bond donors (Lipinski definition) is 1. The molecule has 0 amide bonds. The Labute approximate surface area is 56.9 Å². The topological polar surface area (TPSA) is 50.7 Å². The van der Waals surface area contributed by atoms with Crippen LogP contribution in [0.1, 0.15) is 0 Å². The van der Waals surface area contributed by atoms with Gasteiger partial charge in [0.1, 0.15) is 0 Å². The summed E-state index contributed by atoms with van der Waals surface area (Å²) in [5, 5.41) is 1.31. The van der Waals surface area contributed by atoms with Gasteiger partial charge < -0.3 is 4.74 Å². The van der Waals surface area contributed by atoms with Crippen LogP contribution in [0.3, 0.4) is 0 Å². The van der Waals surface area contributed by atoms with Crippen LogP contribution in [0.25, 0.3) is 0 Å². The van der Waals surface area contributed by atoms with E-state index in [9.17, 15) is 13.0 Å². The molecule has 0 aromatic heterocycles. The predicted octanol–water partition coefficient (Wildman–Crippen LogP) is 1.26. The molecule has 0 heterocycles. The van der Waals surface area contributed by atoms with Crippen LogP contribution in [0.2, 0.25) is 0 Å². The van der Waals surface area contributed by atoms with Crippen LogP contribution in [0.15, 0.2) is 4.99 Å². The Morgan fingerprint density at radius 1 is 1.70 bits per heavy atom. The summed E-state index contributed by atoms with van der Waals surface area (Å²) < 4.78 is 37.3. The average molecular weight is 172 g/mol. The zero-order valence-electron chi connectivity index (χ0n) is 5.47. The average Bonchev–Trinajstić information content (AvgIpc) is 1.81. The van der Waals surface area contributed by atoms with Crippen LogP contribution >= 0.6 is 7.91 Å². The Morgan fingerprint density at radius 2 is 2.20 bits per heavy atom. The third-order valence-electron chi connectivity index (χ3n) is 0.622. The fourth-order valence-electron chi connectivity index (χ4n) is 0.298. The van der Waals surface area contributed by atoms with Gasteiger partial charge in [-0.2, -0.15) is 0 Å². The predicted molar refractivity (Wildman–Crippen MR) is 33.3 cm³/mol. The van der Waals surface area contributed by atoms with Gasteiger partial charge >= 0.3 is 7.91 Å². The second-order valence-corrected chi connectivity index (χ2v) is 2.45. The zero-order chi connectivity index (χ0) is 8.20. The smallest absolute Gasteiger partial charge is 0.468 e. The maximum Gasteiger partial charge on any atom is 0.511 e. The number of amidine groups is 1. The van der Waals surface area contributed by atoms with Crippen molar-refractivity contribution in [1.82, 2.24) is 5.09 Å². The second kappa shape index (κ2) is 3.51. The maximum atomic E-state index is 11.6. The number of hydrogen-bond acceptors (Lipinski definition) is 3. The molecule has 0 fully saturated rings. The molecule has 60 valence electrons. The van der Waals surface area contributed by atoms with Crippen LogP contribution in [0.4, 0.5) is 8.39 Å². The van der Waals surface area contributed by atoms with Crippen molar-refractivity contribution in [2.24, 2.45) is 4.99 Å². The highest BCUT2D eigenvalue weighted by Gasteiger charge is 2.20. The maximum absolute atomic E-state index is 11.6. The first-order chi connectivity index (χ1) is 4.49. The SMILES string of the molecule is CN=C(NP(=O)(F)F)OC. The molecule has 0 rings (SSSR count). The van der Waals surface area contributed by atoms with Gasteiger partial charge in [-0.1, -0.05) is 0 Å². The summed E-state index contributed by atoms with van der Waals surface area (Å²) in [4.78, 5) is 3.22. The minimum absolute atomic E-state index is 0.437. The number of ether oxygens (including phenoxy) is 1. The first-order valence-electron chi connectivity index (χ1n) is 2.28. The van der Waals surface area contributed by atoms with Gasteiger partial charge in [-0.3, -0.25) is 0 Å². The Balaban J connectivity index is 4.02. The van der Waals surface area contributed by atoms with Crippen molar-refractivity contribution in [3.63, 3.8) is 0 Å². The molecule has 0 saturated heterocycles. The van der Waals surface area contributed by atoms with Gasteiger partial charge in [-0.25, -0.2) is 14.6 Å². The Hall–Kier alpha value is -0.640. The van der Waals surface area contributed by atoms with Gasteiger partial charge in [0.15, 0.2) is 0 Å². The van der Waals surface area contributed by atoms with E-state index < -0.39 is 13.9 Å². The zero-order valence-corrected chi connectivity index (χ0v) is 6.36. The number of aliphatic imine (C=N–C) groups is 1. The molecule has 0 radical (unpaired) electrons. The normalized spacial score (nSPS) is 13.0. The molecule has 0 saturated carbocycles. The molecule has 0 spiro atoms. The molecule has 0 aromatic rings. The molecule has 0 aliphatic carbocycles. The van der Waals surface area contributed by atoms with E-state index in [1.165, 1.54) is 12.1 Å². The summed E-state index contributed by atoms with van der Waals surface area (Å²) >= 11 is 0. The molecule has 0 aliphatic rings. The van der Waals surface area contributed by atoms with E-state index in [1.54, 1.807) is 0 Å². The number of rotatable bonds is 1. The summed E-state index contributed by atoms with van der Waals surface area (Å²) in [7, 11) is -2.88. The molecular formula is C3H7F2N2O2P. The van der Waals surface area contributed by atoms with E-state index in [4.69, 9.17) is 0 Å². The van der Waals surface area contributed by atoms with Gasteiger partial charge in [0.05, 0.1) is 7.11 Å². The highest BCUT2D eigenvalue weighted by molar-refractivity contribution is 7.51. The van der Waals surface area contributed by atoms with E-state index in [1.807, 2.05) is 0 Å². The molecule has 4 nitrogen and oxygen atoms in total. The second-order valence-electron chi connectivity index (χ2n) is 1.31. The van der Waals surface area contributed by atoms with Gasteiger partial charge in [-0.15, -0.1) is 8.39 Å². The number of halogens is 2. The van der Waals surface area contributed by atoms with Crippen molar-refractivity contribution in [2.75, 3.05) is 14.2 Å². The Bertz CT molecular complexity index is 177. The van der Waals surface area contributed by atoms with Crippen molar-refractivity contribution in [1.29, 1.82) is 0 Å². The molecule has 1 N–H and O–H groups in total. The summed E-state index contributed by atoms with van der Waals surface area (Å²) in [6, 6.07) is -0.437. The first-order valence-corrected chi connectivity index (χ1v) is 3.77. The van der Waals surface area contributed by atoms with Crippen molar-refractivity contribution in [3.05, 3.63) is 0 Å². The van der Waals surface area contributed by atoms with E-state index in [0.717, 1.165) is 7.11 Å². The lowest BCUT2D eigenvalue weighted by atomic mass is 11.1. The van der Waals surface area contributed by atoms with Crippen LogP contribution < -0.4 is 5.09 Å². The van der Waals surface area contributed by atoms with Crippen LogP contribution in [-0.2, 0) is 9.30 Å². The lowest BCUT2D eigenvalue weighted by Crippen LogP contribution is -2.18. The summed E-state index contributed by atoms with van der Waals surface area (Å²) in [6.45, 7) is 0. The van der Waals surface area contributed by atoms with Gasteiger partial charge in [0.2, 0.25) is 0 Å². The molecule has 0 aliphatic heterocycles. The molecule has 0 atom stereocenters. The van der Waals surface area contributed by atoms with E-state index in [2.05, 4.69) is 9.73 Å². The van der Waals surface area contributed by atoms with Crippen molar-refractivity contribution in [3.8, 4) is 0 Å². The highest BCUT2D eigenvalue weighted by Crippen LogP contribution is 2.43. The molecular weight excluding hydrogens is 165 g/mol. The Morgan fingerprint density at radius 3 is 2.30 bits per heavy atom. The van der Waals surface area contributed by atoms with E-state index in [-0.39, 0.29) is 0 Å². The van der Waals surface area contributed by atoms with Crippen LogP contribution in [0.5, 0.6) is 0 Å². The lowest BCUT2D eigenvalue weighted by Gasteiger charge is -2.03. The van der Waals surface area contributed by atoms with Crippen molar-refractivity contribution < 1.29 is 17.7 Å². The Kier molecular flexibility index (Phi) is 3.28. The largest absolute Gasteiger partial charge is 0.511 e. The minimum atomic E-state index is -5.26. The molecule has 10 heavy (non-hydrogen) atoms. The highest BCUT2D eigenvalue weighted by atomic mass is 31.2. The lowest BCUT2D eigenvalue weighted by molar-refractivity contribution is 0.383. The van der Waals surface area contributed by atoms with Crippen LogP contribution in [-0.4, -0.2) is 20.2 Å². The number of methoxy groups -OCH3 is 1. The number of nitrogens with zero attached hydrogens (tertiary/aromatic N) is 1. The molecule has 7 heteroatoms. The third kappa shape index (κ3) is 4.26. The van der Waals surface area contributed by atoms with Crippen molar-refractivity contribution in [2.45, 2.75) is 0 Å². The van der Waals surface area contributed by atoms with Gasteiger partial charge in [0.25, 0.3) is 6.02 Å². The summed E-state index contributed by atoms with van der Waals surface area (Å²) in [6.07, 6.45) is 0. The van der Waals surface area contributed by atoms with E-state index >= 15 is 0 Å². The van der Waals surface area contributed by atoms with Crippen molar-refractivity contribution >= 4 is 13.9 Å². The fourth-order valence-corrected chi connectivity index (χ4v) is 0.712. The summed E-state index contributed by atoms with van der Waals surface area (Å²) in [5.41, 5.74) is 0. The van der Waals surface area contributed by atoms with Gasteiger partial charge in [0, 0.05) is 7.05 Å². The molecule has 0 unspecified atom stereocenters.